The SMILES string of the molecule is O=C(C[C@H](CN1CCN(CC(=O)N2CCCC2)CC1)C(=O)O)Nc1ccccc1. The van der Waals surface area contributed by atoms with Gasteiger partial charge >= 0.3 is 5.97 Å². The summed E-state index contributed by atoms with van der Waals surface area (Å²) in [7, 11) is 0. The van der Waals surface area contributed by atoms with Gasteiger partial charge in [-0.25, -0.2) is 0 Å². The molecule has 1 aromatic carbocycles. The number of carbonyl (C=O) groups is 3. The standard InChI is InChI=1S/C21H30N4O4/c26-19(22-18-6-2-1-3-7-18)14-17(21(28)29)15-23-10-12-24(13-11-23)16-20(27)25-8-4-5-9-25/h1-3,6-7,17H,4-5,8-16H2,(H,22,26)(H,28,29)/t17-/m1/s1. The van der Waals surface area contributed by atoms with E-state index in [1.54, 1.807) is 12.1 Å². The highest BCUT2D eigenvalue weighted by Crippen LogP contribution is 2.13. The van der Waals surface area contributed by atoms with Gasteiger partial charge in [-0.15, -0.1) is 0 Å². The lowest BCUT2D eigenvalue weighted by atomic mass is 10.0. The second-order valence-corrected chi connectivity index (χ2v) is 7.82. The number of nitrogens with zero attached hydrogens (tertiary/aromatic N) is 3. The van der Waals surface area contributed by atoms with Crippen molar-refractivity contribution in [2.45, 2.75) is 19.3 Å². The van der Waals surface area contributed by atoms with Gasteiger partial charge in [0.05, 0.1) is 12.5 Å². The van der Waals surface area contributed by atoms with Gasteiger partial charge in [-0.1, -0.05) is 18.2 Å². The van der Waals surface area contributed by atoms with Crippen molar-refractivity contribution in [2.24, 2.45) is 5.92 Å². The summed E-state index contributed by atoms with van der Waals surface area (Å²) < 4.78 is 0. The monoisotopic (exact) mass is 402 g/mol. The first-order valence-corrected chi connectivity index (χ1v) is 10.3. The van der Waals surface area contributed by atoms with E-state index in [9.17, 15) is 19.5 Å². The number of carboxylic acid groups (broad SMARTS) is 1. The molecule has 8 heteroatoms. The Hall–Kier alpha value is -2.45. The maximum atomic E-state index is 12.3. The van der Waals surface area contributed by atoms with E-state index in [4.69, 9.17) is 0 Å². The van der Waals surface area contributed by atoms with Crippen molar-refractivity contribution in [2.75, 3.05) is 57.7 Å². The number of aliphatic carboxylic acids is 1. The van der Waals surface area contributed by atoms with Crippen LogP contribution < -0.4 is 5.32 Å². The van der Waals surface area contributed by atoms with Crippen LogP contribution in [-0.2, 0) is 14.4 Å². The smallest absolute Gasteiger partial charge is 0.308 e. The van der Waals surface area contributed by atoms with E-state index in [-0.39, 0.29) is 18.2 Å². The Morgan fingerprint density at radius 3 is 2.17 bits per heavy atom. The number of carbonyl (C=O) groups excluding carboxylic acids is 2. The number of anilines is 1. The predicted molar refractivity (Wildman–Crippen MR) is 110 cm³/mol. The molecule has 0 radical (unpaired) electrons. The summed E-state index contributed by atoms with van der Waals surface area (Å²) in [5.74, 6) is -1.81. The number of benzene rings is 1. The molecule has 3 rings (SSSR count). The Bertz CT molecular complexity index is 698. The summed E-state index contributed by atoms with van der Waals surface area (Å²) in [6.45, 7) is 5.40. The van der Waals surface area contributed by atoms with Crippen LogP contribution in [0.2, 0.25) is 0 Å². The van der Waals surface area contributed by atoms with Crippen LogP contribution in [0.1, 0.15) is 19.3 Å². The van der Waals surface area contributed by atoms with Crippen molar-refractivity contribution in [1.29, 1.82) is 0 Å². The Balaban J connectivity index is 1.42. The fraction of sp³-hybridized carbons (Fsp3) is 0.571. The first kappa shape index (κ1) is 21.3. The van der Waals surface area contributed by atoms with E-state index in [1.165, 1.54) is 0 Å². The number of amides is 2. The molecule has 0 saturated carbocycles. The minimum atomic E-state index is -0.958. The third kappa shape index (κ3) is 6.54. The Morgan fingerprint density at radius 1 is 0.931 bits per heavy atom. The number of hydrogen-bond donors (Lipinski definition) is 2. The number of hydrogen-bond acceptors (Lipinski definition) is 5. The van der Waals surface area contributed by atoms with Gasteiger partial charge in [-0.05, 0) is 25.0 Å². The third-order valence-electron chi connectivity index (χ3n) is 5.60. The van der Waals surface area contributed by atoms with Gasteiger partial charge in [0, 0.05) is 57.9 Å². The maximum Gasteiger partial charge on any atom is 0.308 e. The number of likely N-dealkylation sites (tertiary alicyclic amines) is 1. The Morgan fingerprint density at radius 2 is 1.55 bits per heavy atom. The second kappa shape index (κ2) is 10.4. The van der Waals surface area contributed by atoms with Crippen LogP contribution in [0.15, 0.2) is 30.3 Å². The van der Waals surface area contributed by atoms with Crippen molar-refractivity contribution in [3.8, 4) is 0 Å². The number of piperazine rings is 1. The number of nitrogens with one attached hydrogen (secondary N) is 1. The van der Waals surface area contributed by atoms with E-state index in [1.807, 2.05) is 23.1 Å². The molecule has 158 valence electrons. The van der Waals surface area contributed by atoms with E-state index >= 15 is 0 Å². The molecule has 8 nitrogen and oxygen atoms in total. The molecule has 0 bridgehead atoms. The van der Waals surface area contributed by atoms with Gasteiger partial charge in [0.25, 0.3) is 0 Å². The third-order valence-corrected chi connectivity index (χ3v) is 5.60. The molecule has 1 aromatic rings. The zero-order chi connectivity index (χ0) is 20.6. The quantitative estimate of drug-likeness (QED) is 0.673. The molecule has 2 amide bonds. The van der Waals surface area contributed by atoms with E-state index in [2.05, 4.69) is 15.1 Å². The van der Waals surface area contributed by atoms with Gasteiger partial charge in [-0.2, -0.15) is 0 Å². The molecule has 0 aromatic heterocycles. The van der Waals surface area contributed by atoms with Crippen molar-refractivity contribution in [1.82, 2.24) is 14.7 Å². The van der Waals surface area contributed by atoms with Crippen LogP contribution in [0, 0.1) is 5.92 Å². The fourth-order valence-electron chi connectivity index (χ4n) is 3.89. The Labute approximate surface area is 171 Å². The molecule has 2 saturated heterocycles. The maximum absolute atomic E-state index is 12.3. The first-order chi connectivity index (χ1) is 14.0. The normalized spacial score (nSPS) is 19.1. The van der Waals surface area contributed by atoms with Crippen LogP contribution in [0.25, 0.3) is 0 Å². The summed E-state index contributed by atoms with van der Waals surface area (Å²) >= 11 is 0. The summed E-state index contributed by atoms with van der Waals surface area (Å²) in [5.41, 5.74) is 0.665. The average Bonchev–Trinajstić information content (AvgIpc) is 3.24. The topological polar surface area (TPSA) is 93.2 Å². The van der Waals surface area contributed by atoms with Crippen LogP contribution in [-0.4, -0.2) is 89.9 Å². The summed E-state index contributed by atoms with van der Waals surface area (Å²) in [6, 6.07) is 9.04. The number of rotatable bonds is 8. The van der Waals surface area contributed by atoms with Crippen LogP contribution in [0.3, 0.4) is 0 Å². The van der Waals surface area contributed by atoms with Crippen molar-refractivity contribution in [3.05, 3.63) is 30.3 Å². The molecule has 1 atom stereocenters. The van der Waals surface area contributed by atoms with Gasteiger partial charge in [-0.3, -0.25) is 24.2 Å². The van der Waals surface area contributed by atoms with Gasteiger partial charge in [0.1, 0.15) is 0 Å². The molecule has 0 unspecified atom stereocenters. The zero-order valence-electron chi connectivity index (χ0n) is 16.8. The van der Waals surface area contributed by atoms with E-state index < -0.39 is 11.9 Å². The summed E-state index contributed by atoms with van der Waals surface area (Å²) in [5, 5.41) is 12.3. The highest BCUT2D eigenvalue weighted by molar-refractivity contribution is 5.93. The molecule has 0 aliphatic carbocycles. The fourth-order valence-corrected chi connectivity index (χ4v) is 3.89. The first-order valence-electron chi connectivity index (χ1n) is 10.3. The minimum absolute atomic E-state index is 0.0577. The molecule has 2 aliphatic heterocycles. The van der Waals surface area contributed by atoms with Crippen LogP contribution >= 0.6 is 0 Å². The summed E-state index contributed by atoms with van der Waals surface area (Å²) in [4.78, 5) is 42.3. The molecule has 0 spiro atoms. The van der Waals surface area contributed by atoms with E-state index in [0.717, 1.165) is 39.0 Å². The van der Waals surface area contributed by atoms with Crippen molar-refractivity contribution in [3.63, 3.8) is 0 Å². The van der Waals surface area contributed by atoms with Crippen molar-refractivity contribution >= 4 is 23.5 Å². The Kier molecular flexibility index (Phi) is 7.60. The summed E-state index contributed by atoms with van der Waals surface area (Å²) in [6.07, 6.45) is 2.12. The lowest BCUT2D eigenvalue weighted by molar-refractivity contribution is -0.144. The molecule has 2 N–H and O–H groups in total. The van der Waals surface area contributed by atoms with Gasteiger partial charge < -0.3 is 15.3 Å². The second-order valence-electron chi connectivity index (χ2n) is 7.82. The highest BCUT2D eigenvalue weighted by Gasteiger charge is 2.28. The van der Waals surface area contributed by atoms with E-state index in [0.29, 0.717) is 31.9 Å². The number of carboxylic acids is 1. The zero-order valence-corrected chi connectivity index (χ0v) is 16.8. The van der Waals surface area contributed by atoms with Crippen LogP contribution in [0.5, 0.6) is 0 Å². The average molecular weight is 402 g/mol. The van der Waals surface area contributed by atoms with Gasteiger partial charge in [0.15, 0.2) is 0 Å². The molecule has 2 aliphatic rings. The van der Waals surface area contributed by atoms with Gasteiger partial charge in [0.2, 0.25) is 11.8 Å². The predicted octanol–water partition coefficient (Wildman–Crippen LogP) is 0.956. The highest BCUT2D eigenvalue weighted by atomic mass is 16.4. The minimum Gasteiger partial charge on any atom is -0.481 e. The largest absolute Gasteiger partial charge is 0.481 e. The van der Waals surface area contributed by atoms with Crippen LogP contribution in [0.4, 0.5) is 5.69 Å². The molecule has 2 fully saturated rings. The lowest BCUT2D eigenvalue weighted by Gasteiger charge is -2.36. The molecular formula is C21H30N4O4. The van der Waals surface area contributed by atoms with Crippen molar-refractivity contribution < 1.29 is 19.5 Å². The molecular weight excluding hydrogens is 372 g/mol. The molecule has 29 heavy (non-hydrogen) atoms. The lowest BCUT2D eigenvalue weighted by Crippen LogP contribution is -2.51. The molecule has 2 heterocycles. The number of para-hydroxylation sites is 1.